The van der Waals surface area contributed by atoms with Gasteiger partial charge in [-0.3, -0.25) is 0 Å². The third-order valence-electron chi connectivity index (χ3n) is 4.26. The summed E-state index contributed by atoms with van der Waals surface area (Å²) < 4.78 is 2.35. The molecule has 0 nitrogen and oxygen atoms in total. The second-order valence-corrected chi connectivity index (χ2v) is 10.3. The molecule has 0 N–H and O–H groups in total. The summed E-state index contributed by atoms with van der Waals surface area (Å²) >= 11 is 12.8. The summed E-state index contributed by atoms with van der Waals surface area (Å²) in [5, 5.41) is 0. The average Bonchev–Trinajstić information content (AvgIpc) is 2.86. The van der Waals surface area contributed by atoms with E-state index in [-0.39, 0.29) is 4.83 Å². The third-order valence-corrected chi connectivity index (χ3v) is 7.67. The maximum Gasteiger partial charge on any atom is 0.0757 e. The molecule has 0 spiro atoms. The van der Waals surface area contributed by atoms with E-state index in [0.717, 1.165) is 9.70 Å². The Hall–Kier alpha value is 0.360. The first-order chi connectivity index (χ1) is 10.1. The molecule has 0 amide bonds. The molecule has 3 rings (SSSR count). The Kier molecular flexibility index (Phi) is 5.63. The average molecular weight is 493 g/mol. The van der Waals surface area contributed by atoms with Crippen LogP contribution in [0, 0.1) is 0 Å². The van der Waals surface area contributed by atoms with Crippen molar-refractivity contribution in [1.82, 2.24) is 0 Å². The van der Waals surface area contributed by atoms with Crippen LogP contribution in [0.25, 0.3) is 0 Å². The molecule has 1 aliphatic carbocycles. The smallest absolute Gasteiger partial charge is 0.0757 e. The van der Waals surface area contributed by atoms with Crippen LogP contribution in [0.4, 0.5) is 0 Å². The van der Waals surface area contributed by atoms with E-state index < -0.39 is 0 Å². The SMILES string of the molecule is Brc1cc(C(Br)c2ccc(C3CCCCC3)cc2)c(Br)s1. The highest BCUT2D eigenvalue weighted by atomic mass is 79.9. The third kappa shape index (κ3) is 3.82. The van der Waals surface area contributed by atoms with Gasteiger partial charge >= 0.3 is 0 Å². The maximum atomic E-state index is 3.83. The number of hydrogen-bond acceptors (Lipinski definition) is 1. The fourth-order valence-corrected chi connectivity index (χ4v) is 7.11. The fraction of sp³-hybridized carbons (Fsp3) is 0.412. The highest BCUT2D eigenvalue weighted by molar-refractivity contribution is 9.12. The van der Waals surface area contributed by atoms with E-state index in [9.17, 15) is 0 Å². The molecule has 21 heavy (non-hydrogen) atoms. The first-order valence-electron chi connectivity index (χ1n) is 7.34. The van der Waals surface area contributed by atoms with E-state index in [1.165, 1.54) is 52.6 Å². The van der Waals surface area contributed by atoms with Crippen molar-refractivity contribution in [1.29, 1.82) is 0 Å². The molecule has 1 unspecified atom stereocenters. The molecular weight excluding hydrogens is 476 g/mol. The first kappa shape index (κ1) is 16.2. The molecule has 1 saturated carbocycles. The Balaban J connectivity index is 1.78. The standard InChI is InChI=1S/C17H17Br3S/c18-15-10-14(17(20)21-15)16(19)13-8-6-12(7-9-13)11-4-2-1-3-5-11/h6-11,16H,1-5H2. The van der Waals surface area contributed by atoms with Gasteiger partial charge in [-0.05, 0) is 73.4 Å². The number of hydrogen-bond donors (Lipinski definition) is 0. The fourth-order valence-electron chi connectivity index (χ4n) is 3.08. The molecule has 1 atom stereocenters. The van der Waals surface area contributed by atoms with Crippen LogP contribution < -0.4 is 0 Å². The lowest BCUT2D eigenvalue weighted by Gasteiger charge is -2.22. The lowest BCUT2D eigenvalue weighted by atomic mass is 9.84. The van der Waals surface area contributed by atoms with Crippen LogP contribution in [0.5, 0.6) is 0 Å². The molecule has 0 aliphatic heterocycles. The molecule has 1 fully saturated rings. The van der Waals surface area contributed by atoms with Crippen LogP contribution >= 0.6 is 59.1 Å². The molecule has 0 bridgehead atoms. The summed E-state index contributed by atoms with van der Waals surface area (Å²) in [7, 11) is 0. The van der Waals surface area contributed by atoms with Crippen molar-refractivity contribution in [2.75, 3.05) is 0 Å². The van der Waals surface area contributed by atoms with Gasteiger partial charge < -0.3 is 0 Å². The van der Waals surface area contributed by atoms with Gasteiger partial charge in [-0.25, -0.2) is 0 Å². The zero-order chi connectivity index (χ0) is 14.8. The predicted molar refractivity (Wildman–Crippen MR) is 103 cm³/mol. The van der Waals surface area contributed by atoms with Gasteiger partial charge in [-0.2, -0.15) is 0 Å². The second-order valence-electron chi connectivity index (χ2n) is 5.64. The first-order valence-corrected chi connectivity index (χ1v) is 10.7. The Morgan fingerprint density at radius 3 is 2.24 bits per heavy atom. The monoisotopic (exact) mass is 490 g/mol. The summed E-state index contributed by atoms with van der Waals surface area (Å²) in [6.07, 6.45) is 6.92. The van der Waals surface area contributed by atoms with Gasteiger partial charge in [0.15, 0.2) is 0 Å². The van der Waals surface area contributed by atoms with Crippen LogP contribution in [0.1, 0.15) is 59.5 Å². The van der Waals surface area contributed by atoms with Crippen molar-refractivity contribution < 1.29 is 0 Å². The van der Waals surface area contributed by atoms with Crippen LogP contribution in [0.3, 0.4) is 0 Å². The summed E-state index contributed by atoms with van der Waals surface area (Å²) in [6, 6.07) is 11.4. The molecule has 1 heterocycles. The highest BCUT2D eigenvalue weighted by Crippen LogP contribution is 2.42. The highest BCUT2D eigenvalue weighted by Gasteiger charge is 2.18. The van der Waals surface area contributed by atoms with Crippen molar-refractivity contribution >= 4 is 59.1 Å². The van der Waals surface area contributed by atoms with Gasteiger partial charge in [0.2, 0.25) is 0 Å². The largest absolute Gasteiger partial charge is 0.121 e. The molecule has 1 aromatic carbocycles. The van der Waals surface area contributed by atoms with Crippen molar-refractivity contribution in [3.63, 3.8) is 0 Å². The quantitative estimate of drug-likeness (QED) is 0.383. The van der Waals surface area contributed by atoms with Crippen LogP contribution in [-0.4, -0.2) is 0 Å². The van der Waals surface area contributed by atoms with Gasteiger partial charge in [0.1, 0.15) is 0 Å². The zero-order valence-electron chi connectivity index (χ0n) is 11.6. The number of rotatable bonds is 3. The van der Waals surface area contributed by atoms with Gasteiger partial charge in [-0.1, -0.05) is 59.5 Å². The minimum Gasteiger partial charge on any atom is -0.121 e. The van der Waals surface area contributed by atoms with E-state index in [4.69, 9.17) is 0 Å². The van der Waals surface area contributed by atoms with Crippen LogP contribution in [0.2, 0.25) is 0 Å². The van der Waals surface area contributed by atoms with Crippen LogP contribution in [0.15, 0.2) is 37.9 Å². The maximum absolute atomic E-state index is 3.83. The summed E-state index contributed by atoms with van der Waals surface area (Å²) in [5.41, 5.74) is 4.13. The molecule has 0 saturated heterocycles. The Labute approximate surface area is 155 Å². The molecular formula is C17H17Br3S. The van der Waals surface area contributed by atoms with Gasteiger partial charge in [0.25, 0.3) is 0 Å². The number of halogens is 3. The van der Waals surface area contributed by atoms with E-state index in [0.29, 0.717) is 0 Å². The lowest BCUT2D eigenvalue weighted by molar-refractivity contribution is 0.443. The topological polar surface area (TPSA) is 0 Å². The number of thiophene rings is 1. The molecule has 112 valence electrons. The zero-order valence-corrected chi connectivity index (χ0v) is 17.2. The number of benzene rings is 1. The van der Waals surface area contributed by atoms with E-state index in [2.05, 4.69) is 78.1 Å². The van der Waals surface area contributed by atoms with E-state index in [1.807, 2.05) is 0 Å². The van der Waals surface area contributed by atoms with Crippen molar-refractivity contribution in [2.45, 2.75) is 42.8 Å². The predicted octanol–water partition coefficient (Wildman–Crippen LogP) is 7.81. The van der Waals surface area contributed by atoms with Crippen LogP contribution in [-0.2, 0) is 0 Å². The summed E-state index contributed by atoms with van der Waals surface area (Å²) in [4.78, 5) is 0.245. The molecule has 1 aliphatic rings. The Morgan fingerprint density at radius 2 is 1.67 bits per heavy atom. The van der Waals surface area contributed by atoms with E-state index >= 15 is 0 Å². The number of alkyl halides is 1. The van der Waals surface area contributed by atoms with Gasteiger partial charge in [-0.15, -0.1) is 11.3 Å². The minimum atomic E-state index is 0.245. The van der Waals surface area contributed by atoms with Crippen molar-refractivity contribution in [2.24, 2.45) is 0 Å². The van der Waals surface area contributed by atoms with Gasteiger partial charge in [0, 0.05) is 0 Å². The summed E-state index contributed by atoms with van der Waals surface area (Å²) in [6.45, 7) is 0. The molecule has 2 aromatic rings. The van der Waals surface area contributed by atoms with Crippen molar-refractivity contribution in [3.05, 3.63) is 54.6 Å². The van der Waals surface area contributed by atoms with Crippen molar-refractivity contribution in [3.8, 4) is 0 Å². The molecule has 1 aromatic heterocycles. The lowest BCUT2D eigenvalue weighted by Crippen LogP contribution is -2.04. The minimum absolute atomic E-state index is 0.245. The summed E-state index contributed by atoms with van der Waals surface area (Å²) in [5.74, 6) is 0.781. The molecule has 0 radical (unpaired) electrons. The molecule has 4 heteroatoms. The van der Waals surface area contributed by atoms with E-state index in [1.54, 1.807) is 11.3 Å². The normalized spacial score (nSPS) is 17.9. The second kappa shape index (κ2) is 7.29. The van der Waals surface area contributed by atoms with Gasteiger partial charge in [0.05, 0.1) is 12.4 Å². The Morgan fingerprint density at radius 1 is 1.00 bits per heavy atom. The Bertz CT molecular complexity index is 597.